The van der Waals surface area contributed by atoms with Crippen LogP contribution >= 0.6 is 0 Å². The van der Waals surface area contributed by atoms with Crippen molar-refractivity contribution in [2.75, 3.05) is 0 Å². The molecule has 3 N–H and O–H groups in total. The monoisotopic (exact) mass is 222 g/mol. The van der Waals surface area contributed by atoms with E-state index in [4.69, 9.17) is 5.73 Å². The predicted molar refractivity (Wildman–Crippen MR) is 68.3 cm³/mol. The number of hydrogen-bond donors (Lipinski definition) is 2. The Morgan fingerprint density at radius 3 is 2.24 bits per heavy atom. The highest BCUT2D eigenvalue weighted by Gasteiger charge is 2.23. The molecule has 0 spiro atoms. The third-order valence-corrected chi connectivity index (χ3v) is 2.72. The molecule has 1 aliphatic rings. The number of fused-ring (bicyclic) bond motifs is 1. The fourth-order valence-corrected chi connectivity index (χ4v) is 1.91. The molecule has 0 aromatic heterocycles. The second kappa shape index (κ2) is 3.87. The topological polar surface area (TPSA) is 52.4 Å². The zero-order chi connectivity index (χ0) is 11.7. The van der Waals surface area contributed by atoms with Crippen LogP contribution in [0.15, 0.2) is 59.6 Å². The average Bonchev–Trinajstić information content (AvgIpc) is 2.69. The summed E-state index contributed by atoms with van der Waals surface area (Å²) in [5, 5.41) is 0. The molecule has 0 aliphatic carbocycles. The van der Waals surface area contributed by atoms with E-state index in [1.807, 2.05) is 54.6 Å². The molecule has 0 saturated carbocycles. The minimum absolute atomic E-state index is 0.662. The Kier molecular flexibility index (Phi) is 2.22. The Morgan fingerprint density at radius 2 is 1.47 bits per heavy atom. The smallest absolute Gasteiger partial charge is 0.269 e. The van der Waals surface area contributed by atoms with Crippen LogP contribution in [0.5, 0.6) is 0 Å². The van der Waals surface area contributed by atoms with Crippen LogP contribution < -0.4 is 10.7 Å². The van der Waals surface area contributed by atoms with E-state index in [9.17, 15) is 0 Å². The number of nitrogens with one attached hydrogen (secondary N) is 1. The van der Waals surface area contributed by atoms with Crippen LogP contribution in [0.1, 0.15) is 11.1 Å². The summed E-state index contributed by atoms with van der Waals surface area (Å²) in [5.41, 5.74) is 8.90. The van der Waals surface area contributed by atoms with Gasteiger partial charge < -0.3 is 5.73 Å². The van der Waals surface area contributed by atoms with Gasteiger partial charge in [0.2, 0.25) is 5.84 Å². The van der Waals surface area contributed by atoms with Crippen LogP contribution in [0.4, 0.5) is 5.69 Å². The Labute approximate surface area is 99.3 Å². The lowest BCUT2D eigenvalue weighted by Gasteiger charge is -1.93. The fourth-order valence-electron chi connectivity index (χ4n) is 1.91. The van der Waals surface area contributed by atoms with E-state index in [1.54, 1.807) is 0 Å². The highest BCUT2D eigenvalue weighted by atomic mass is 15.0. The van der Waals surface area contributed by atoms with Crippen molar-refractivity contribution in [3.8, 4) is 0 Å². The number of para-hydroxylation sites is 1. The first-order chi connectivity index (χ1) is 8.34. The maximum absolute atomic E-state index is 5.92. The zero-order valence-electron chi connectivity index (χ0n) is 9.22. The van der Waals surface area contributed by atoms with Gasteiger partial charge in [-0.25, -0.2) is 4.99 Å². The molecule has 2 aromatic rings. The number of rotatable bonds is 1. The molecule has 0 saturated heterocycles. The van der Waals surface area contributed by atoms with Gasteiger partial charge in [0.1, 0.15) is 5.69 Å². The molecule has 0 fully saturated rings. The normalized spacial score (nSPS) is 15.8. The summed E-state index contributed by atoms with van der Waals surface area (Å²) in [6.45, 7) is 0. The number of hydrogen-bond acceptors (Lipinski definition) is 2. The minimum atomic E-state index is 0.662. The van der Waals surface area contributed by atoms with Crippen LogP contribution in [-0.2, 0) is 0 Å². The van der Waals surface area contributed by atoms with Gasteiger partial charge in [-0.05, 0) is 24.3 Å². The van der Waals surface area contributed by atoms with Crippen LogP contribution in [0.2, 0.25) is 0 Å². The van der Waals surface area contributed by atoms with E-state index in [1.165, 1.54) is 0 Å². The molecule has 0 amide bonds. The molecule has 3 heteroatoms. The summed E-state index contributed by atoms with van der Waals surface area (Å²) in [5.74, 6) is 1.47. The second-order valence-corrected chi connectivity index (χ2v) is 3.88. The quantitative estimate of drug-likeness (QED) is 0.728. The summed E-state index contributed by atoms with van der Waals surface area (Å²) < 4.78 is 0. The molecule has 1 aliphatic heterocycles. The van der Waals surface area contributed by atoms with Crippen molar-refractivity contribution in [3.05, 3.63) is 65.7 Å². The van der Waals surface area contributed by atoms with E-state index in [-0.39, 0.29) is 0 Å². The van der Waals surface area contributed by atoms with Gasteiger partial charge in [-0.15, -0.1) is 4.99 Å². The molecular weight excluding hydrogens is 210 g/mol. The number of nitrogens with zero attached hydrogens (tertiary/aromatic N) is 1. The molecule has 17 heavy (non-hydrogen) atoms. The zero-order valence-corrected chi connectivity index (χ0v) is 9.22. The third-order valence-electron chi connectivity index (χ3n) is 2.72. The van der Waals surface area contributed by atoms with Gasteiger partial charge in [-0.2, -0.15) is 0 Å². The average molecular weight is 222 g/mol. The van der Waals surface area contributed by atoms with Gasteiger partial charge in [0, 0.05) is 0 Å². The highest BCUT2D eigenvalue weighted by Crippen LogP contribution is 2.14. The number of nitrogen functional groups attached to an aromatic ring is 1. The van der Waals surface area contributed by atoms with Gasteiger partial charge in [0.15, 0.2) is 0 Å². The van der Waals surface area contributed by atoms with Gasteiger partial charge in [-0.3, -0.25) is 0 Å². The van der Waals surface area contributed by atoms with Crippen LogP contribution in [0.25, 0.3) is 0 Å². The first-order valence-electron chi connectivity index (χ1n) is 5.47. The van der Waals surface area contributed by atoms with Crippen molar-refractivity contribution in [1.29, 1.82) is 0 Å². The SMILES string of the molecule is NC1=[NH+]C(=Nc2ccccc2)c2ccccc21. The van der Waals surface area contributed by atoms with Crippen LogP contribution in [0.3, 0.4) is 0 Å². The van der Waals surface area contributed by atoms with Gasteiger partial charge in [0.25, 0.3) is 5.84 Å². The standard InChI is InChI=1S/C14H11N3/c15-13-11-8-4-5-9-12(11)14(17-13)16-10-6-2-1-3-7-10/h1-9H,(H2,15,16,17)/p+1. The Morgan fingerprint density at radius 1 is 0.824 bits per heavy atom. The number of nitrogens with two attached hydrogens (primary N) is 1. The Balaban J connectivity index is 2.10. The lowest BCUT2D eigenvalue weighted by atomic mass is 10.1. The van der Waals surface area contributed by atoms with Crippen molar-refractivity contribution in [2.24, 2.45) is 10.7 Å². The minimum Gasteiger partial charge on any atom is -0.318 e. The number of benzene rings is 2. The maximum Gasteiger partial charge on any atom is 0.269 e. The molecule has 0 unspecified atom stereocenters. The van der Waals surface area contributed by atoms with Crippen molar-refractivity contribution in [3.63, 3.8) is 0 Å². The third kappa shape index (κ3) is 1.72. The summed E-state index contributed by atoms with van der Waals surface area (Å²) >= 11 is 0. The molecule has 0 atom stereocenters. The summed E-state index contributed by atoms with van der Waals surface area (Å²) in [7, 11) is 0. The van der Waals surface area contributed by atoms with Gasteiger partial charge in [-0.1, -0.05) is 30.3 Å². The van der Waals surface area contributed by atoms with E-state index in [2.05, 4.69) is 9.98 Å². The van der Waals surface area contributed by atoms with Crippen molar-refractivity contribution >= 4 is 17.4 Å². The lowest BCUT2D eigenvalue weighted by Crippen LogP contribution is -2.76. The first kappa shape index (κ1) is 9.78. The summed E-state index contributed by atoms with van der Waals surface area (Å²) in [6, 6.07) is 17.8. The van der Waals surface area contributed by atoms with Gasteiger partial charge in [0.05, 0.1) is 11.1 Å². The number of aliphatic imine (C=N–C) groups is 1. The highest BCUT2D eigenvalue weighted by molar-refractivity contribution is 6.12. The lowest BCUT2D eigenvalue weighted by molar-refractivity contribution is -0.311. The fraction of sp³-hybridized carbons (Fsp3) is 0. The first-order valence-corrected chi connectivity index (χ1v) is 5.47. The van der Waals surface area contributed by atoms with E-state index >= 15 is 0 Å². The van der Waals surface area contributed by atoms with E-state index < -0.39 is 0 Å². The molecule has 2 aromatic carbocycles. The van der Waals surface area contributed by atoms with Crippen molar-refractivity contribution in [2.45, 2.75) is 0 Å². The number of amidine groups is 2. The molecular formula is C14H12N3+. The van der Waals surface area contributed by atoms with E-state index in [0.717, 1.165) is 22.6 Å². The largest absolute Gasteiger partial charge is 0.318 e. The molecule has 0 bridgehead atoms. The van der Waals surface area contributed by atoms with Crippen LogP contribution in [-0.4, -0.2) is 11.7 Å². The molecule has 3 nitrogen and oxygen atoms in total. The molecule has 82 valence electrons. The molecule has 3 rings (SSSR count). The summed E-state index contributed by atoms with van der Waals surface area (Å²) in [4.78, 5) is 7.67. The van der Waals surface area contributed by atoms with Crippen molar-refractivity contribution < 1.29 is 4.99 Å². The van der Waals surface area contributed by atoms with Crippen LogP contribution in [0, 0.1) is 0 Å². The van der Waals surface area contributed by atoms with E-state index in [0.29, 0.717) is 5.84 Å². The van der Waals surface area contributed by atoms with Gasteiger partial charge >= 0.3 is 0 Å². The second-order valence-electron chi connectivity index (χ2n) is 3.88. The molecule has 1 heterocycles. The Hall–Kier alpha value is -2.42. The summed E-state index contributed by atoms with van der Waals surface area (Å²) in [6.07, 6.45) is 0. The maximum atomic E-state index is 5.92. The molecule has 0 radical (unpaired) electrons. The van der Waals surface area contributed by atoms with Crippen molar-refractivity contribution in [1.82, 2.24) is 0 Å². The Bertz CT molecular complexity index is 612. The predicted octanol–water partition coefficient (Wildman–Crippen LogP) is 0.564.